The molecule has 170 valence electrons. The average molecular weight is 441 g/mol. The van der Waals surface area contributed by atoms with E-state index in [1.165, 1.54) is 12.3 Å². The lowest BCUT2D eigenvalue weighted by Gasteiger charge is -2.18. The lowest BCUT2D eigenvalue weighted by molar-refractivity contribution is -0.116. The van der Waals surface area contributed by atoms with Gasteiger partial charge in [0, 0.05) is 32.5 Å². The smallest absolute Gasteiger partial charge is 0.256 e. The van der Waals surface area contributed by atoms with Gasteiger partial charge in [-0.15, -0.1) is 0 Å². The zero-order chi connectivity index (χ0) is 23.5. The van der Waals surface area contributed by atoms with E-state index >= 15 is 0 Å². The van der Waals surface area contributed by atoms with Gasteiger partial charge in [0.15, 0.2) is 5.76 Å². The summed E-state index contributed by atoms with van der Waals surface area (Å²) in [4.78, 5) is 17.5. The number of carbonyl (C=O) groups is 1. The zero-order valence-electron chi connectivity index (χ0n) is 19.2. The molecular weight excluding hydrogens is 411 g/mol. The molecule has 3 aromatic rings. The van der Waals surface area contributed by atoms with Crippen LogP contribution in [0.3, 0.4) is 0 Å². The normalized spacial score (nSPS) is 14.0. The first-order valence-corrected chi connectivity index (χ1v) is 10.6. The van der Waals surface area contributed by atoms with E-state index in [0.717, 1.165) is 5.56 Å². The Bertz CT molecular complexity index is 1170. The highest BCUT2D eigenvalue weighted by Crippen LogP contribution is 2.31. The molecule has 7 nitrogen and oxygen atoms in total. The highest BCUT2D eigenvalue weighted by atomic mass is 19.1. The van der Waals surface area contributed by atoms with Crippen LogP contribution in [0.2, 0.25) is 0 Å². The van der Waals surface area contributed by atoms with Crippen LogP contribution in [0.1, 0.15) is 43.6 Å². The van der Waals surface area contributed by atoms with Crippen LogP contribution in [0.15, 0.2) is 48.5 Å². The Balaban J connectivity index is 0.00000141. The summed E-state index contributed by atoms with van der Waals surface area (Å²) in [6, 6.07) is 8.46. The number of fused-ring (bicyclic) bond motifs is 1. The van der Waals surface area contributed by atoms with Gasteiger partial charge in [0.05, 0.1) is 17.8 Å². The number of carbonyl (C=O) groups excluding carboxylic acids is 1. The quantitative estimate of drug-likeness (QED) is 0.574. The van der Waals surface area contributed by atoms with Crippen LogP contribution in [0.4, 0.5) is 15.9 Å². The van der Waals surface area contributed by atoms with Crippen LogP contribution < -0.4 is 10.6 Å². The Hall–Kier alpha value is -3.55. The molecule has 0 fully saturated rings. The predicted molar refractivity (Wildman–Crippen MR) is 123 cm³/mol. The maximum absolute atomic E-state index is 14.5. The first kappa shape index (κ1) is 23.1. The molecule has 2 N–H and O–H groups in total. The van der Waals surface area contributed by atoms with E-state index < -0.39 is 11.6 Å². The summed E-state index contributed by atoms with van der Waals surface area (Å²) in [7, 11) is 1.78. The van der Waals surface area contributed by atoms with Crippen molar-refractivity contribution in [3.8, 4) is 0 Å². The second-order valence-electron chi connectivity index (χ2n) is 7.65. The number of halogens is 1. The minimum Gasteiger partial charge on any atom is -0.457 e. The first-order valence-electron chi connectivity index (χ1n) is 10.6. The monoisotopic (exact) mass is 440 g/mol. The summed E-state index contributed by atoms with van der Waals surface area (Å²) in [6.07, 6.45) is 3.14. The molecule has 0 radical (unpaired) electrons. The lowest BCUT2D eigenvalue weighted by Crippen LogP contribution is -2.28. The summed E-state index contributed by atoms with van der Waals surface area (Å²) < 4.78 is 27.2. The van der Waals surface area contributed by atoms with Crippen LogP contribution in [0, 0.1) is 12.7 Å². The highest BCUT2D eigenvalue weighted by Gasteiger charge is 2.28. The van der Waals surface area contributed by atoms with Gasteiger partial charge in [-0.3, -0.25) is 4.79 Å². The second kappa shape index (κ2) is 9.30. The number of aromatic nitrogens is 2. The Morgan fingerprint density at radius 3 is 2.66 bits per heavy atom. The summed E-state index contributed by atoms with van der Waals surface area (Å²) in [5.41, 5.74) is 2.07. The van der Waals surface area contributed by atoms with E-state index in [0.29, 0.717) is 28.2 Å². The highest BCUT2D eigenvalue weighted by molar-refractivity contribution is 6.11. The van der Waals surface area contributed by atoms with Crippen molar-refractivity contribution in [3.63, 3.8) is 0 Å². The van der Waals surface area contributed by atoms with Gasteiger partial charge < -0.3 is 24.7 Å². The molecule has 1 amide bonds. The van der Waals surface area contributed by atoms with Crippen LogP contribution in [0.5, 0.6) is 0 Å². The number of benzene rings is 1. The molecule has 0 spiro atoms. The molecule has 0 atom stereocenters. The van der Waals surface area contributed by atoms with E-state index in [1.807, 2.05) is 26.8 Å². The van der Waals surface area contributed by atoms with Crippen LogP contribution in [-0.2, 0) is 16.5 Å². The number of hydrogen-bond acceptors (Lipinski definition) is 5. The molecule has 2 aromatic heterocycles. The predicted octanol–water partition coefficient (Wildman–Crippen LogP) is 5.14. The van der Waals surface area contributed by atoms with Crippen molar-refractivity contribution in [2.45, 2.75) is 40.4 Å². The molecule has 1 aliphatic heterocycles. The number of anilines is 2. The summed E-state index contributed by atoms with van der Waals surface area (Å²) >= 11 is 0. The average Bonchev–Trinajstić information content (AvgIpc) is 3.26. The SMILES string of the molecule is CC.Cc1ccc(Nc2c(C(=O)NCC3=COC(C)(C)O3)c3cccnc3n2C)c(F)c1. The van der Waals surface area contributed by atoms with Crippen molar-refractivity contribution in [3.05, 3.63) is 65.5 Å². The Morgan fingerprint density at radius 2 is 2.00 bits per heavy atom. The van der Waals surface area contributed by atoms with Gasteiger partial charge in [0.2, 0.25) is 5.79 Å². The van der Waals surface area contributed by atoms with Gasteiger partial charge in [0.25, 0.3) is 5.91 Å². The molecule has 0 unspecified atom stereocenters. The summed E-state index contributed by atoms with van der Waals surface area (Å²) in [6.45, 7) is 9.55. The molecule has 4 rings (SSSR count). The van der Waals surface area contributed by atoms with E-state index in [1.54, 1.807) is 49.9 Å². The standard InChI is InChI=1S/C22H23FN4O3.C2H6/c1-13-7-8-17(16(23)10-13)26-20-18(15-6-5-9-24-19(15)27(20)4)21(28)25-11-14-12-29-22(2,3)30-14;1-2/h5-10,12,26H,11H2,1-4H3,(H,25,28);1-2H3. The number of nitrogens with zero attached hydrogens (tertiary/aromatic N) is 2. The first-order chi connectivity index (χ1) is 15.2. The van der Waals surface area contributed by atoms with Crippen molar-refractivity contribution in [2.75, 3.05) is 11.9 Å². The maximum Gasteiger partial charge on any atom is 0.256 e. The van der Waals surface area contributed by atoms with Gasteiger partial charge in [-0.1, -0.05) is 19.9 Å². The van der Waals surface area contributed by atoms with Crippen LogP contribution in [0.25, 0.3) is 11.0 Å². The molecule has 1 aliphatic rings. The van der Waals surface area contributed by atoms with Gasteiger partial charge in [-0.05, 0) is 36.8 Å². The number of amides is 1. The fraction of sp³-hybridized carbons (Fsp3) is 0.333. The van der Waals surface area contributed by atoms with Crippen LogP contribution in [-0.4, -0.2) is 27.8 Å². The molecule has 0 bridgehead atoms. The fourth-order valence-corrected chi connectivity index (χ4v) is 3.39. The largest absolute Gasteiger partial charge is 0.457 e. The van der Waals surface area contributed by atoms with E-state index in [4.69, 9.17) is 9.47 Å². The van der Waals surface area contributed by atoms with E-state index in [2.05, 4.69) is 15.6 Å². The lowest BCUT2D eigenvalue weighted by atomic mass is 10.1. The van der Waals surface area contributed by atoms with Crippen molar-refractivity contribution in [1.82, 2.24) is 14.9 Å². The number of nitrogens with one attached hydrogen (secondary N) is 2. The van der Waals surface area contributed by atoms with Crippen LogP contribution >= 0.6 is 0 Å². The Morgan fingerprint density at radius 1 is 1.25 bits per heavy atom. The third-order valence-corrected chi connectivity index (χ3v) is 4.82. The third kappa shape index (κ3) is 4.69. The minimum absolute atomic E-state index is 0.164. The molecule has 0 aliphatic carbocycles. The Labute approximate surface area is 187 Å². The molecule has 1 aromatic carbocycles. The second-order valence-corrected chi connectivity index (χ2v) is 7.65. The van der Waals surface area contributed by atoms with E-state index in [9.17, 15) is 9.18 Å². The van der Waals surface area contributed by atoms with Gasteiger partial charge >= 0.3 is 0 Å². The zero-order valence-corrected chi connectivity index (χ0v) is 19.2. The molecule has 8 heteroatoms. The maximum atomic E-state index is 14.5. The van der Waals surface area contributed by atoms with Gasteiger partial charge in [0.1, 0.15) is 23.5 Å². The van der Waals surface area contributed by atoms with Crippen molar-refractivity contribution >= 4 is 28.4 Å². The topological polar surface area (TPSA) is 77.4 Å². The molecule has 32 heavy (non-hydrogen) atoms. The number of aryl methyl sites for hydroxylation is 2. The minimum atomic E-state index is -0.751. The molecular formula is C24H29FN4O3. The number of ether oxygens (including phenoxy) is 2. The van der Waals surface area contributed by atoms with E-state index in [-0.39, 0.29) is 18.1 Å². The molecule has 3 heterocycles. The number of rotatable bonds is 5. The summed E-state index contributed by atoms with van der Waals surface area (Å²) in [5.74, 6) is -0.520. The van der Waals surface area contributed by atoms with Gasteiger partial charge in [-0.25, -0.2) is 9.37 Å². The van der Waals surface area contributed by atoms with Gasteiger partial charge in [-0.2, -0.15) is 0 Å². The molecule has 0 saturated heterocycles. The Kier molecular flexibility index (Phi) is 6.72. The van der Waals surface area contributed by atoms with Crippen molar-refractivity contribution in [1.29, 1.82) is 0 Å². The van der Waals surface area contributed by atoms with Crippen molar-refractivity contribution in [2.24, 2.45) is 7.05 Å². The summed E-state index contributed by atoms with van der Waals surface area (Å²) in [5, 5.41) is 6.57. The number of hydrogen-bond donors (Lipinski definition) is 2. The number of pyridine rings is 1. The molecule has 0 saturated carbocycles. The third-order valence-electron chi connectivity index (χ3n) is 4.82. The van der Waals surface area contributed by atoms with Crippen molar-refractivity contribution < 1.29 is 18.7 Å². The fourth-order valence-electron chi connectivity index (χ4n) is 3.39.